The number of imidazole rings is 1. The van der Waals surface area contributed by atoms with Crippen LogP contribution in [0.25, 0.3) is 11.4 Å². The molecule has 0 bridgehead atoms. The molecule has 5 heteroatoms. The highest BCUT2D eigenvalue weighted by Crippen LogP contribution is 2.30. The second kappa shape index (κ2) is 4.65. The molecule has 4 nitrogen and oxygen atoms in total. The van der Waals surface area contributed by atoms with Crippen LogP contribution in [-0.4, -0.2) is 14.5 Å². The van der Waals surface area contributed by atoms with Gasteiger partial charge < -0.3 is 10.3 Å². The Morgan fingerprint density at radius 3 is 2.88 bits per heavy atom. The molecule has 0 spiro atoms. The average Bonchev–Trinajstić information content (AvgIpc) is 2.85. The van der Waals surface area contributed by atoms with E-state index in [0.717, 1.165) is 40.8 Å². The molecule has 0 saturated carbocycles. The first-order valence-corrected chi connectivity index (χ1v) is 6.33. The number of nitrogens with two attached hydrogens (primary N) is 1. The van der Waals surface area contributed by atoms with Crippen LogP contribution < -0.4 is 5.73 Å². The van der Waals surface area contributed by atoms with Gasteiger partial charge in [-0.2, -0.15) is 0 Å². The van der Waals surface area contributed by atoms with E-state index in [1.54, 1.807) is 11.3 Å². The Morgan fingerprint density at radius 2 is 2.25 bits per heavy atom. The third kappa shape index (κ3) is 1.95. The van der Waals surface area contributed by atoms with Gasteiger partial charge in [0.25, 0.3) is 0 Å². The smallest absolute Gasteiger partial charge is 0.123 e. The zero-order valence-corrected chi connectivity index (χ0v) is 10.4. The molecule has 0 radical (unpaired) electrons. The van der Waals surface area contributed by atoms with Crippen LogP contribution in [0.3, 0.4) is 0 Å². The molecule has 2 N–H and O–H groups in total. The number of anilines is 1. The van der Waals surface area contributed by atoms with Gasteiger partial charge in [-0.1, -0.05) is 13.8 Å². The molecule has 0 aliphatic heterocycles. The molecule has 2 heterocycles. The largest absolute Gasteiger partial charge is 0.389 e. The fourth-order valence-corrected chi connectivity index (χ4v) is 2.43. The Balaban J connectivity index is 2.41. The minimum Gasteiger partial charge on any atom is -0.389 e. The number of nitrogen functional groups attached to an aromatic ring is 1. The maximum Gasteiger partial charge on any atom is 0.123 e. The van der Waals surface area contributed by atoms with Crippen molar-refractivity contribution in [3.8, 4) is 11.4 Å². The molecule has 0 aromatic carbocycles. The molecule has 0 unspecified atom stereocenters. The van der Waals surface area contributed by atoms with Crippen molar-refractivity contribution in [3.63, 3.8) is 0 Å². The van der Waals surface area contributed by atoms with Gasteiger partial charge in [-0.15, -0.1) is 11.3 Å². The van der Waals surface area contributed by atoms with E-state index in [1.165, 1.54) is 0 Å². The van der Waals surface area contributed by atoms with Gasteiger partial charge in [-0.05, 0) is 12.8 Å². The molecule has 0 saturated heterocycles. The molecule has 2 aromatic heterocycles. The Labute approximate surface area is 99.2 Å². The van der Waals surface area contributed by atoms with Crippen LogP contribution in [0.4, 0.5) is 5.00 Å². The van der Waals surface area contributed by atoms with Gasteiger partial charge in [0.05, 0.1) is 23.2 Å². The summed E-state index contributed by atoms with van der Waals surface area (Å²) in [6.07, 6.45) is 5.68. The SMILES string of the molecule is CCCn1cncc1-c1nc(CC)sc1N. The topological polar surface area (TPSA) is 56.7 Å². The van der Waals surface area contributed by atoms with Crippen molar-refractivity contribution < 1.29 is 0 Å². The first-order valence-electron chi connectivity index (χ1n) is 5.52. The summed E-state index contributed by atoms with van der Waals surface area (Å²) < 4.78 is 2.10. The quantitative estimate of drug-likeness (QED) is 0.887. The zero-order valence-electron chi connectivity index (χ0n) is 9.60. The lowest BCUT2D eigenvalue weighted by molar-refractivity contribution is 0.683. The summed E-state index contributed by atoms with van der Waals surface area (Å²) in [4.78, 5) is 8.71. The van der Waals surface area contributed by atoms with E-state index >= 15 is 0 Å². The average molecular weight is 236 g/mol. The molecule has 2 rings (SSSR count). The van der Waals surface area contributed by atoms with E-state index in [0.29, 0.717) is 0 Å². The van der Waals surface area contributed by atoms with Crippen LogP contribution >= 0.6 is 11.3 Å². The van der Waals surface area contributed by atoms with E-state index in [-0.39, 0.29) is 0 Å². The van der Waals surface area contributed by atoms with Crippen molar-refractivity contribution in [2.24, 2.45) is 0 Å². The number of thiazole rings is 1. The van der Waals surface area contributed by atoms with Crippen LogP contribution in [-0.2, 0) is 13.0 Å². The molecule has 0 aliphatic rings. The molecule has 0 fully saturated rings. The lowest BCUT2D eigenvalue weighted by atomic mass is 10.3. The summed E-state index contributed by atoms with van der Waals surface area (Å²) in [5.41, 5.74) is 7.89. The Hall–Kier alpha value is -1.36. The standard InChI is InChI=1S/C11H16N4S/c1-3-5-15-7-13-6-8(15)10-11(12)16-9(4-2)14-10/h6-7H,3-5,12H2,1-2H3. The van der Waals surface area contributed by atoms with Gasteiger partial charge in [0, 0.05) is 6.54 Å². The zero-order chi connectivity index (χ0) is 11.5. The molecule has 16 heavy (non-hydrogen) atoms. The van der Waals surface area contributed by atoms with E-state index < -0.39 is 0 Å². The molecule has 86 valence electrons. The van der Waals surface area contributed by atoms with E-state index in [2.05, 4.69) is 28.4 Å². The molecule has 0 atom stereocenters. The third-order valence-electron chi connectivity index (χ3n) is 2.42. The van der Waals surface area contributed by atoms with E-state index in [9.17, 15) is 0 Å². The second-order valence-electron chi connectivity index (χ2n) is 3.65. The normalized spacial score (nSPS) is 10.9. The van der Waals surface area contributed by atoms with Crippen LogP contribution in [0.1, 0.15) is 25.3 Å². The number of nitrogens with zero attached hydrogens (tertiary/aromatic N) is 3. The first-order chi connectivity index (χ1) is 7.76. The number of aryl methyl sites for hydroxylation is 2. The molecule has 2 aromatic rings. The summed E-state index contributed by atoms with van der Waals surface area (Å²) in [6, 6.07) is 0. The van der Waals surface area contributed by atoms with Crippen molar-refractivity contribution in [1.29, 1.82) is 0 Å². The minimum absolute atomic E-state index is 0.787. The van der Waals surface area contributed by atoms with Crippen molar-refractivity contribution in [2.45, 2.75) is 33.2 Å². The number of hydrogen-bond acceptors (Lipinski definition) is 4. The van der Waals surface area contributed by atoms with Gasteiger partial charge in [0.2, 0.25) is 0 Å². The van der Waals surface area contributed by atoms with E-state index in [1.807, 2.05) is 12.5 Å². The van der Waals surface area contributed by atoms with Crippen LogP contribution in [0, 0.1) is 0 Å². The lowest BCUT2D eigenvalue weighted by Crippen LogP contribution is -1.99. The van der Waals surface area contributed by atoms with E-state index in [4.69, 9.17) is 5.73 Å². The Morgan fingerprint density at radius 1 is 1.44 bits per heavy atom. The number of aromatic nitrogens is 3. The second-order valence-corrected chi connectivity index (χ2v) is 4.76. The van der Waals surface area contributed by atoms with Gasteiger partial charge >= 0.3 is 0 Å². The van der Waals surface area contributed by atoms with Crippen molar-refractivity contribution >= 4 is 16.3 Å². The minimum atomic E-state index is 0.787. The van der Waals surface area contributed by atoms with Crippen LogP contribution in [0.5, 0.6) is 0 Å². The first kappa shape index (κ1) is 11.1. The van der Waals surface area contributed by atoms with Gasteiger partial charge in [0.1, 0.15) is 10.7 Å². The monoisotopic (exact) mass is 236 g/mol. The Bertz CT molecular complexity index is 472. The van der Waals surface area contributed by atoms with Crippen molar-refractivity contribution in [3.05, 3.63) is 17.5 Å². The predicted molar refractivity (Wildman–Crippen MR) is 67.4 cm³/mol. The highest BCUT2D eigenvalue weighted by Gasteiger charge is 2.13. The van der Waals surface area contributed by atoms with Gasteiger partial charge in [-0.3, -0.25) is 0 Å². The summed E-state index contributed by atoms with van der Waals surface area (Å²) in [7, 11) is 0. The van der Waals surface area contributed by atoms with Crippen LogP contribution in [0.2, 0.25) is 0 Å². The van der Waals surface area contributed by atoms with Gasteiger partial charge in [-0.25, -0.2) is 9.97 Å². The van der Waals surface area contributed by atoms with Crippen LogP contribution in [0.15, 0.2) is 12.5 Å². The Kier molecular flexibility index (Phi) is 3.24. The maximum atomic E-state index is 5.99. The van der Waals surface area contributed by atoms with Gasteiger partial charge in [0.15, 0.2) is 0 Å². The maximum absolute atomic E-state index is 5.99. The lowest BCUT2D eigenvalue weighted by Gasteiger charge is -2.04. The highest BCUT2D eigenvalue weighted by molar-refractivity contribution is 7.16. The number of rotatable bonds is 4. The molecular formula is C11H16N4S. The molecular weight excluding hydrogens is 220 g/mol. The van der Waals surface area contributed by atoms with Crippen molar-refractivity contribution in [1.82, 2.24) is 14.5 Å². The molecule has 0 aliphatic carbocycles. The summed E-state index contributed by atoms with van der Waals surface area (Å²) >= 11 is 1.56. The summed E-state index contributed by atoms with van der Waals surface area (Å²) in [5, 5.41) is 1.87. The fourth-order valence-electron chi connectivity index (χ4n) is 1.65. The number of hydrogen-bond donors (Lipinski definition) is 1. The van der Waals surface area contributed by atoms with Crippen molar-refractivity contribution in [2.75, 3.05) is 5.73 Å². The highest BCUT2D eigenvalue weighted by atomic mass is 32.1. The summed E-state index contributed by atoms with van der Waals surface area (Å²) in [6.45, 7) is 5.19. The summed E-state index contributed by atoms with van der Waals surface area (Å²) in [5.74, 6) is 0. The third-order valence-corrected chi connectivity index (χ3v) is 3.45. The fraction of sp³-hybridized carbons (Fsp3) is 0.455. The predicted octanol–water partition coefficient (Wildman–Crippen LogP) is 2.56. The molecule has 0 amide bonds.